The summed E-state index contributed by atoms with van der Waals surface area (Å²) in [6, 6.07) is 0. The predicted octanol–water partition coefficient (Wildman–Crippen LogP) is 0.829. The van der Waals surface area contributed by atoms with E-state index in [0.717, 1.165) is 6.26 Å². The molecule has 0 amide bonds. The molecule has 0 aliphatic rings. The summed E-state index contributed by atoms with van der Waals surface area (Å²) in [6.07, 6.45) is 2.36. The SMILES string of the molecule is CCC(O)/C=C\O. The van der Waals surface area contributed by atoms with Crippen molar-refractivity contribution in [2.75, 3.05) is 0 Å². The average Bonchev–Trinajstić information content (AvgIpc) is 1.68. The summed E-state index contributed by atoms with van der Waals surface area (Å²) >= 11 is 0. The predicted molar refractivity (Wildman–Crippen MR) is 28.1 cm³/mol. The van der Waals surface area contributed by atoms with E-state index in [9.17, 15) is 0 Å². The lowest BCUT2D eigenvalue weighted by atomic mass is 10.3. The third-order valence-corrected chi connectivity index (χ3v) is 0.726. The molecule has 0 spiro atoms. The lowest BCUT2D eigenvalue weighted by molar-refractivity contribution is 0.216. The van der Waals surface area contributed by atoms with Gasteiger partial charge in [0.25, 0.3) is 0 Å². The Morgan fingerprint density at radius 1 is 1.71 bits per heavy atom. The summed E-state index contributed by atoms with van der Waals surface area (Å²) < 4.78 is 0. The van der Waals surface area contributed by atoms with Gasteiger partial charge in [-0.05, 0) is 12.5 Å². The molecule has 0 radical (unpaired) electrons. The molecule has 0 aliphatic heterocycles. The van der Waals surface area contributed by atoms with Crippen LogP contribution in [-0.4, -0.2) is 16.3 Å². The molecule has 0 aliphatic carbocycles. The number of rotatable bonds is 2. The van der Waals surface area contributed by atoms with Crippen molar-refractivity contribution < 1.29 is 10.2 Å². The van der Waals surface area contributed by atoms with Crippen LogP contribution in [0.5, 0.6) is 0 Å². The fourth-order valence-corrected chi connectivity index (χ4v) is 0.235. The molecule has 2 heteroatoms. The highest BCUT2D eigenvalue weighted by Gasteiger charge is 1.88. The summed E-state index contributed by atoms with van der Waals surface area (Å²) in [7, 11) is 0. The summed E-state index contributed by atoms with van der Waals surface area (Å²) in [5.74, 6) is 0. The van der Waals surface area contributed by atoms with E-state index in [1.807, 2.05) is 6.92 Å². The van der Waals surface area contributed by atoms with E-state index in [1.54, 1.807) is 0 Å². The molecule has 0 aromatic rings. The number of aliphatic hydroxyl groups excluding tert-OH is 2. The smallest absolute Gasteiger partial charge is 0.0777 e. The highest BCUT2D eigenvalue weighted by Crippen LogP contribution is 1.88. The monoisotopic (exact) mass is 102 g/mol. The maximum absolute atomic E-state index is 8.61. The summed E-state index contributed by atoms with van der Waals surface area (Å²) in [4.78, 5) is 0. The molecule has 2 N–H and O–H groups in total. The van der Waals surface area contributed by atoms with Crippen LogP contribution in [0.15, 0.2) is 12.3 Å². The van der Waals surface area contributed by atoms with E-state index < -0.39 is 6.10 Å². The minimum absolute atomic E-state index is 0.481. The lowest BCUT2D eigenvalue weighted by Crippen LogP contribution is -1.97. The van der Waals surface area contributed by atoms with Crippen molar-refractivity contribution in [3.05, 3.63) is 12.3 Å². The van der Waals surface area contributed by atoms with E-state index in [2.05, 4.69) is 0 Å². The van der Waals surface area contributed by atoms with E-state index in [4.69, 9.17) is 10.2 Å². The van der Waals surface area contributed by atoms with Gasteiger partial charge in [0.2, 0.25) is 0 Å². The topological polar surface area (TPSA) is 40.5 Å². The Morgan fingerprint density at radius 2 is 2.29 bits per heavy atom. The summed E-state index contributed by atoms with van der Waals surface area (Å²) in [5.41, 5.74) is 0. The Kier molecular flexibility index (Phi) is 3.42. The van der Waals surface area contributed by atoms with E-state index >= 15 is 0 Å². The quantitative estimate of drug-likeness (QED) is 0.507. The molecule has 2 nitrogen and oxygen atoms in total. The minimum Gasteiger partial charge on any atom is -0.516 e. The normalized spacial score (nSPS) is 15.1. The first-order valence-corrected chi connectivity index (χ1v) is 2.30. The van der Waals surface area contributed by atoms with Crippen molar-refractivity contribution in [1.82, 2.24) is 0 Å². The molecule has 0 saturated heterocycles. The van der Waals surface area contributed by atoms with Gasteiger partial charge in [0.15, 0.2) is 0 Å². The maximum atomic E-state index is 8.61. The molecule has 1 atom stereocenters. The maximum Gasteiger partial charge on any atom is 0.0777 e. The van der Waals surface area contributed by atoms with Crippen LogP contribution in [0.4, 0.5) is 0 Å². The standard InChI is InChI=1S/C5H10O2/c1-2-5(7)3-4-6/h3-7H,2H2,1H3/b4-3-. The van der Waals surface area contributed by atoms with Gasteiger partial charge in [-0.3, -0.25) is 0 Å². The first-order valence-electron chi connectivity index (χ1n) is 2.30. The average molecular weight is 102 g/mol. The first-order chi connectivity index (χ1) is 3.31. The van der Waals surface area contributed by atoms with Gasteiger partial charge in [-0.1, -0.05) is 6.92 Å². The lowest BCUT2D eigenvalue weighted by Gasteiger charge is -1.94. The highest BCUT2D eigenvalue weighted by molar-refractivity contribution is 4.79. The molecule has 1 unspecified atom stereocenters. The van der Waals surface area contributed by atoms with Crippen LogP contribution in [0, 0.1) is 0 Å². The first kappa shape index (κ1) is 6.50. The van der Waals surface area contributed by atoms with Crippen LogP contribution < -0.4 is 0 Å². The van der Waals surface area contributed by atoms with Gasteiger partial charge in [-0.15, -0.1) is 0 Å². The molecular weight excluding hydrogens is 92.1 g/mol. The van der Waals surface area contributed by atoms with E-state index in [1.165, 1.54) is 6.08 Å². The zero-order chi connectivity index (χ0) is 5.70. The van der Waals surface area contributed by atoms with Crippen LogP contribution in [0.3, 0.4) is 0 Å². The summed E-state index contributed by atoms with van der Waals surface area (Å²) in [5, 5.41) is 16.6. The molecule has 7 heavy (non-hydrogen) atoms. The van der Waals surface area contributed by atoms with Crippen molar-refractivity contribution in [3.8, 4) is 0 Å². The summed E-state index contributed by atoms with van der Waals surface area (Å²) in [6.45, 7) is 1.84. The zero-order valence-electron chi connectivity index (χ0n) is 4.33. The molecule has 0 aromatic heterocycles. The molecule has 0 saturated carbocycles. The van der Waals surface area contributed by atoms with Gasteiger partial charge in [0.1, 0.15) is 0 Å². The molecule has 42 valence electrons. The second kappa shape index (κ2) is 3.68. The van der Waals surface area contributed by atoms with Gasteiger partial charge < -0.3 is 10.2 Å². The van der Waals surface area contributed by atoms with E-state index in [0.29, 0.717) is 6.42 Å². The van der Waals surface area contributed by atoms with Crippen LogP contribution in [0.1, 0.15) is 13.3 Å². The fourth-order valence-electron chi connectivity index (χ4n) is 0.235. The minimum atomic E-state index is -0.481. The Bertz CT molecular complexity index is 59.1. The third-order valence-electron chi connectivity index (χ3n) is 0.726. The van der Waals surface area contributed by atoms with Crippen LogP contribution in [0.2, 0.25) is 0 Å². The number of aliphatic hydroxyl groups is 2. The Hall–Kier alpha value is -0.500. The fraction of sp³-hybridized carbons (Fsp3) is 0.600. The van der Waals surface area contributed by atoms with Gasteiger partial charge in [-0.2, -0.15) is 0 Å². The second-order valence-corrected chi connectivity index (χ2v) is 1.32. The van der Waals surface area contributed by atoms with Crippen molar-refractivity contribution in [3.63, 3.8) is 0 Å². The van der Waals surface area contributed by atoms with E-state index in [-0.39, 0.29) is 0 Å². The molecular formula is C5H10O2. The van der Waals surface area contributed by atoms with Gasteiger partial charge in [0, 0.05) is 0 Å². The van der Waals surface area contributed by atoms with Gasteiger partial charge in [-0.25, -0.2) is 0 Å². The van der Waals surface area contributed by atoms with Crippen molar-refractivity contribution >= 4 is 0 Å². The third kappa shape index (κ3) is 3.33. The largest absolute Gasteiger partial charge is 0.516 e. The van der Waals surface area contributed by atoms with Crippen LogP contribution >= 0.6 is 0 Å². The van der Waals surface area contributed by atoms with Crippen molar-refractivity contribution in [1.29, 1.82) is 0 Å². The highest BCUT2D eigenvalue weighted by atomic mass is 16.3. The molecule has 0 bridgehead atoms. The van der Waals surface area contributed by atoms with Crippen molar-refractivity contribution in [2.24, 2.45) is 0 Å². The zero-order valence-corrected chi connectivity index (χ0v) is 4.33. The Balaban J connectivity index is 3.16. The number of hydrogen-bond acceptors (Lipinski definition) is 2. The van der Waals surface area contributed by atoms with Gasteiger partial charge in [0.05, 0.1) is 12.4 Å². The molecule has 0 heterocycles. The molecule has 0 aromatic carbocycles. The molecule has 0 rings (SSSR count). The Labute approximate surface area is 43.1 Å². The second-order valence-electron chi connectivity index (χ2n) is 1.32. The Morgan fingerprint density at radius 3 is 2.43 bits per heavy atom. The van der Waals surface area contributed by atoms with Crippen molar-refractivity contribution in [2.45, 2.75) is 19.4 Å². The van der Waals surface area contributed by atoms with Crippen LogP contribution in [0.25, 0.3) is 0 Å². The van der Waals surface area contributed by atoms with Crippen LogP contribution in [-0.2, 0) is 0 Å². The number of hydrogen-bond donors (Lipinski definition) is 2. The molecule has 0 fully saturated rings. The van der Waals surface area contributed by atoms with Gasteiger partial charge >= 0.3 is 0 Å².